The van der Waals surface area contributed by atoms with E-state index < -0.39 is 0 Å². The number of hydrogen-bond acceptors (Lipinski definition) is 4. The minimum Gasteiger partial charge on any atom is -0.490 e. The Morgan fingerprint density at radius 3 is 2.41 bits per heavy atom. The van der Waals surface area contributed by atoms with E-state index in [2.05, 4.69) is 62.1 Å². The van der Waals surface area contributed by atoms with Crippen molar-refractivity contribution in [3.8, 4) is 5.75 Å². The van der Waals surface area contributed by atoms with Crippen LogP contribution in [0.15, 0.2) is 36.4 Å². The molecule has 1 aliphatic carbocycles. The molecule has 0 atom stereocenters. The van der Waals surface area contributed by atoms with Crippen LogP contribution in [0.3, 0.4) is 0 Å². The standard InChI is InChI=1S/C30H43NO3/c1-5-33-29(32)19-22-15-17-31(18-16-22)21-24-8-6-7-23-20-27(13-14-28(23)24)34-26-11-9-25(10-12-26)30(2,3)4/h6-8,13-14,20,22,25-26H,5,9-12,15-19,21H2,1-4H3/t25-,26-. The van der Waals surface area contributed by atoms with Crippen molar-refractivity contribution in [2.24, 2.45) is 17.3 Å². The van der Waals surface area contributed by atoms with Gasteiger partial charge in [-0.05, 0) is 104 Å². The summed E-state index contributed by atoms with van der Waals surface area (Å²) in [5.74, 6) is 2.22. The topological polar surface area (TPSA) is 38.8 Å². The first-order chi connectivity index (χ1) is 16.3. The van der Waals surface area contributed by atoms with Crippen molar-refractivity contribution in [2.45, 2.75) is 85.3 Å². The average molecular weight is 466 g/mol. The fourth-order valence-electron chi connectivity index (χ4n) is 5.82. The van der Waals surface area contributed by atoms with E-state index in [0.717, 1.165) is 57.0 Å². The summed E-state index contributed by atoms with van der Waals surface area (Å²) in [4.78, 5) is 14.3. The largest absolute Gasteiger partial charge is 0.490 e. The third-order valence-electron chi connectivity index (χ3n) is 8.01. The number of benzene rings is 2. The number of carbonyl (C=O) groups excluding carboxylic acids is 1. The Morgan fingerprint density at radius 2 is 1.74 bits per heavy atom. The van der Waals surface area contributed by atoms with Crippen LogP contribution in [0.25, 0.3) is 10.8 Å². The summed E-state index contributed by atoms with van der Waals surface area (Å²) in [6, 6.07) is 13.3. The van der Waals surface area contributed by atoms with Crippen LogP contribution in [-0.4, -0.2) is 36.7 Å². The van der Waals surface area contributed by atoms with E-state index >= 15 is 0 Å². The molecule has 0 bridgehead atoms. The van der Waals surface area contributed by atoms with Gasteiger partial charge in [0.15, 0.2) is 0 Å². The Bertz CT molecular complexity index is 947. The van der Waals surface area contributed by atoms with Crippen LogP contribution in [-0.2, 0) is 16.1 Å². The molecule has 0 radical (unpaired) electrons. The van der Waals surface area contributed by atoms with E-state index in [9.17, 15) is 4.79 Å². The molecule has 0 spiro atoms. The molecule has 0 N–H and O–H groups in total. The summed E-state index contributed by atoms with van der Waals surface area (Å²) in [5, 5.41) is 2.58. The number of fused-ring (bicyclic) bond motifs is 1. The fourth-order valence-corrected chi connectivity index (χ4v) is 5.82. The number of carbonyl (C=O) groups is 1. The molecular weight excluding hydrogens is 422 g/mol. The number of hydrogen-bond donors (Lipinski definition) is 0. The van der Waals surface area contributed by atoms with E-state index in [0.29, 0.717) is 30.5 Å². The van der Waals surface area contributed by atoms with Gasteiger partial charge >= 0.3 is 5.97 Å². The summed E-state index contributed by atoms with van der Waals surface area (Å²) in [6.45, 7) is 12.5. The lowest BCUT2D eigenvalue weighted by molar-refractivity contribution is -0.144. The fraction of sp³-hybridized carbons (Fsp3) is 0.633. The molecule has 0 unspecified atom stereocenters. The van der Waals surface area contributed by atoms with Crippen LogP contribution in [0.5, 0.6) is 5.75 Å². The molecule has 34 heavy (non-hydrogen) atoms. The maximum atomic E-state index is 11.8. The zero-order chi connectivity index (χ0) is 24.1. The molecule has 0 amide bonds. The monoisotopic (exact) mass is 465 g/mol. The van der Waals surface area contributed by atoms with Crippen molar-refractivity contribution in [1.82, 2.24) is 4.90 Å². The highest BCUT2D eigenvalue weighted by Gasteiger charge is 2.30. The van der Waals surface area contributed by atoms with Gasteiger partial charge in [-0.3, -0.25) is 9.69 Å². The van der Waals surface area contributed by atoms with Crippen LogP contribution in [0, 0.1) is 17.3 Å². The molecule has 4 rings (SSSR count). The number of likely N-dealkylation sites (tertiary alicyclic amines) is 1. The second-order valence-electron chi connectivity index (χ2n) is 11.5. The van der Waals surface area contributed by atoms with Crippen LogP contribution < -0.4 is 4.74 Å². The number of ether oxygens (including phenoxy) is 2. The molecule has 186 valence electrons. The molecule has 1 heterocycles. The lowest BCUT2D eigenvalue weighted by Gasteiger charge is -2.37. The Morgan fingerprint density at radius 1 is 1.00 bits per heavy atom. The summed E-state index contributed by atoms with van der Waals surface area (Å²) in [7, 11) is 0. The van der Waals surface area contributed by atoms with Crippen molar-refractivity contribution < 1.29 is 14.3 Å². The van der Waals surface area contributed by atoms with Gasteiger partial charge in [-0.25, -0.2) is 0 Å². The van der Waals surface area contributed by atoms with E-state index in [1.807, 2.05) is 6.92 Å². The van der Waals surface area contributed by atoms with Crippen molar-refractivity contribution in [3.63, 3.8) is 0 Å². The molecule has 2 aliphatic rings. The average Bonchev–Trinajstić information content (AvgIpc) is 2.80. The number of rotatable bonds is 7. The Labute approximate surface area is 206 Å². The summed E-state index contributed by atoms with van der Waals surface area (Å²) in [5.41, 5.74) is 1.78. The van der Waals surface area contributed by atoms with Gasteiger partial charge in [0.25, 0.3) is 0 Å². The van der Waals surface area contributed by atoms with Gasteiger partial charge in [0.05, 0.1) is 12.7 Å². The Kier molecular flexibility index (Phi) is 8.18. The summed E-state index contributed by atoms with van der Waals surface area (Å²) in [6.07, 6.45) is 7.90. The first-order valence-corrected chi connectivity index (χ1v) is 13.4. The molecule has 2 fully saturated rings. The second-order valence-corrected chi connectivity index (χ2v) is 11.5. The van der Waals surface area contributed by atoms with Crippen molar-refractivity contribution >= 4 is 16.7 Å². The zero-order valence-corrected chi connectivity index (χ0v) is 21.6. The SMILES string of the molecule is CCOC(=O)CC1CCN(Cc2cccc3cc(O[C@H]4CC[C@H](C(C)(C)C)CC4)ccc23)CC1. The highest BCUT2D eigenvalue weighted by Crippen LogP contribution is 2.39. The van der Waals surface area contributed by atoms with E-state index in [1.165, 1.54) is 29.2 Å². The minimum absolute atomic E-state index is 0.0460. The van der Waals surface area contributed by atoms with Crippen molar-refractivity contribution in [2.75, 3.05) is 19.7 Å². The maximum absolute atomic E-state index is 11.8. The lowest BCUT2D eigenvalue weighted by atomic mass is 9.72. The predicted molar refractivity (Wildman–Crippen MR) is 139 cm³/mol. The highest BCUT2D eigenvalue weighted by molar-refractivity contribution is 5.87. The van der Waals surface area contributed by atoms with E-state index in [-0.39, 0.29) is 5.97 Å². The molecule has 1 aliphatic heterocycles. The Hall–Kier alpha value is -2.07. The van der Waals surface area contributed by atoms with Crippen molar-refractivity contribution in [3.05, 3.63) is 42.0 Å². The summed E-state index contributed by atoms with van der Waals surface area (Å²) >= 11 is 0. The van der Waals surface area contributed by atoms with Crippen LogP contribution >= 0.6 is 0 Å². The van der Waals surface area contributed by atoms with Crippen LogP contribution in [0.2, 0.25) is 0 Å². The van der Waals surface area contributed by atoms with Gasteiger partial charge in [0.2, 0.25) is 0 Å². The van der Waals surface area contributed by atoms with Gasteiger partial charge in [0, 0.05) is 13.0 Å². The molecule has 2 aromatic rings. The van der Waals surface area contributed by atoms with Gasteiger partial charge in [-0.2, -0.15) is 0 Å². The van der Waals surface area contributed by atoms with E-state index in [1.54, 1.807) is 0 Å². The van der Waals surface area contributed by atoms with Crippen LogP contribution in [0.4, 0.5) is 0 Å². The molecule has 0 aromatic heterocycles. The molecular formula is C30H43NO3. The lowest BCUT2D eigenvalue weighted by Crippen LogP contribution is -2.34. The van der Waals surface area contributed by atoms with Gasteiger partial charge in [-0.1, -0.05) is 45.0 Å². The maximum Gasteiger partial charge on any atom is 0.306 e. The first-order valence-electron chi connectivity index (χ1n) is 13.4. The van der Waals surface area contributed by atoms with Crippen LogP contribution in [0.1, 0.15) is 78.2 Å². The third kappa shape index (κ3) is 6.53. The van der Waals surface area contributed by atoms with Gasteiger partial charge in [-0.15, -0.1) is 0 Å². The Balaban J connectivity index is 1.33. The third-order valence-corrected chi connectivity index (χ3v) is 8.01. The zero-order valence-electron chi connectivity index (χ0n) is 21.6. The minimum atomic E-state index is -0.0460. The molecule has 1 saturated carbocycles. The quantitative estimate of drug-likeness (QED) is 0.413. The normalized spacial score (nSPS) is 22.6. The second kappa shape index (κ2) is 11.1. The number of esters is 1. The van der Waals surface area contributed by atoms with Gasteiger partial charge in [0.1, 0.15) is 5.75 Å². The van der Waals surface area contributed by atoms with Gasteiger partial charge < -0.3 is 9.47 Å². The highest BCUT2D eigenvalue weighted by atomic mass is 16.5. The molecule has 4 nitrogen and oxygen atoms in total. The molecule has 4 heteroatoms. The molecule has 2 aromatic carbocycles. The van der Waals surface area contributed by atoms with Crippen molar-refractivity contribution in [1.29, 1.82) is 0 Å². The summed E-state index contributed by atoms with van der Waals surface area (Å²) < 4.78 is 11.6. The molecule has 1 saturated heterocycles. The number of nitrogens with zero attached hydrogens (tertiary/aromatic N) is 1. The predicted octanol–water partition coefficient (Wildman–Crippen LogP) is 6.99. The smallest absolute Gasteiger partial charge is 0.306 e. The van der Waals surface area contributed by atoms with E-state index in [4.69, 9.17) is 9.47 Å². The number of piperidine rings is 1. The first kappa shape index (κ1) is 25.0.